The minimum absolute atomic E-state index is 0.0638. The predicted molar refractivity (Wildman–Crippen MR) is 120 cm³/mol. The van der Waals surface area contributed by atoms with Gasteiger partial charge in [-0.15, -0.1) is 11.3 Å². The van der Waals surface area contributed by atoms with Crippen LogP contribution in [0, 0.1) is 11.3 Å². The molecule has 4 aromatic rings. The minimum atomic E-state index is -0.277. The van der Waals surface area contributed by atoms with Gasteiger partial charge in [0.25, 0.3) is 0 Å². The number of hydrogen-bond acceptors (Lipinski definition) is 7. The molecule has 2 aromatic carbocycles. The summed E-state index contributed by atoms with van der Waals surface area (Å²) >= 11 is 7.16. The molecule has 8 heteroatoms. The van der Waals surface area contributed by atoms with Crippen molar-refractivity contribution in [3.63, 3.8) is 0 Å². The van der Waals surface area contributed by atoms with Gasteiger partial charge >= 0.3 is 0 Å². The van der Waals surface area contributed by atoms with E-state index in [1.807, 2.05) is 18.2 Å². The van der Waals surface area contributed by atoms with E-state index in [9.17, 15) is 10.1 Å². The Kier molecular flexibility index (Phi) is 5.04. The lowest BCUT2D eigenvalue weighted by Gasteiger charge is -2.13. The summed E-state index contributed by atoms with van der Waals surface area (Å²) in [5.41, 5.74) is 14.5. The number of hydrogen-bond donors (Lipinski definition) is 2. The van der Waals surface area contributed by atoms with Gasteiger partial charge in [-0.05, 0) is 18.2 Å². The van der Waals surface area contributed by atoms with Gasteiger partial charge in [0.2, 0.25) is 5.78 Å². The molecule has 0 unspecified atom stereocenters. The smallest absolute Gasteiger partial charge is 0.205 e. The van der Waals surface area contributed by atoms with E-state index >= 15 is 0 Å². The van der Waals surface area contributed by atoms with Crippen LogP contribution in [0.1, 0.15) is 20.8 Å². The van der Waals surface area contributed by atoms with Crippen molar-refractivity contribution in [3.8, 4) is 22.9 Å². The van der Waals surface area contributed by atoms with Crippen LogP contribution >= 0.6 is 22.9 Å². The number of nitrogens with two attached hydrogens (primary N) is 2. The number of benzene rings is 2. The number of nitrogens with zero attached hydrogens (tertiary/aromatic N) is 2. The van der Waals surface area contributed by atoms with Crippen LogP contribution in [0.2, 0.25) is 5.02 Å². The summed E-state index contributed by atoms with van der Waals surface area (Å²) in [5.74, 6) is 0.337. The predicted octanol–water partition coefficient (Wildman–Crippen LogP) is 4.89. The van der Waals surface area contributed by atoms with Gasteiger partial charge in [0.05, 0.1) is 12.8 Å². The van der Waals surface area contributed by atoms with E-state index in [0.717, 1.165) is 11.3 Å². The lowest BCUT2D eigenvalue weighted by atomic mass is 9.96. The monoisotopic (exact) mass is 434 g/mol. The molecule has 0 atom stereocenters. The number of methoxy groups -OCH3 is 1. The second kappa shape index (κ2) is 7.67. The standard InChI is InChI=1S/C22H15ClN4O2S/c1-29-15-8-3-2-7-13(15)16-14(10-24)21(26)27-22-17(16)18(25)20(30-22)19(28)11-5-4-6-12(23)9-11/h2-9H,25H2,1H3,(H2,26,27). The zero-order valence-corrected chi connectivity index (χ0v) is 17.3. The molecule has 0 spiro atoms. The maximum atomic E-state index is 13.1. The molecule has 0 bridgehead atoms. The third-order valence-electron chi connectivity index (χ3n) is 4.69. The average Bonchev–Trinajstić information content (AvgIpc) is 3.08. The zero-order chi connectivity index (χ0) is 21.4. The third-order valence-corrected chi connectivity index (χ3v) is 6.02. The van der Waals surface area contributed by atoms with Crippen LogP contribution in [0.3, 0.4) is 0 Å². The molecule has 148 valence electrons. The van der Waals surface area contributed by atoms with E-state index in [0.29, 0.717) is 42.6 Å². The number of carbonyl (C=O) groups is 1. The lowest BCUT2D eigenvalue weighted by Crippen LogP contribution is -2.03. The van der Waals surface area contributed by atoms with Crippen LogP contribution in [0.15, 0.2) is 48.5 Å². The molecule has 0 saturated heterocycles. The van der Waals surface area contributed by atoms with E-state index in [2.05, 4.69) is 11.1 Å². The topological polar surface area (TPSA) is 115 Å². The number of nitrogen functional groups attached to an aromatic ring is 2. The first-order valence-electron chi connectivity index (χ1n) is 8.81. The number of anilines is 2. The van der Waals surface area contributed by atoms with Gasteiger partial charge in [0.15, 0.2) is 0 Å². The Morgan fingerprint density at radius 2 is 1.97 bits per heavy atom. The van der Waals surface area contributed by atoms with E-state index < -0.39 is 0 Å². The Bertz CT molecular complexity index is 1360. The Balaban J connectivity index is 2.05. The van der Waals surface area contributed by atoms with Crippen molar-refractivity contribution in [1.29, 1.82) is 5.26 Å². The highest BCUT2D eigenvalue weighted by Gasteiger charge is 2.26. The summed E-state index contributed by atoms with van der Waals surface area (Å²) in [4.78, 5) is 18.2. The van der Waals surface area contributed by atoms with Crippen molar-refractivity contribution < 1.29 is 9.53 Å². The summed E-state index contributed by atoms with van der Waals surface area (Å²) in [6.07, 6.45) is 0. The molecular formula is C22H15ClN4O2S. The normalized spacial score (nSPS) is 10.7. The Morgan fingerprint density at radius 3 is 2.67 bits per heavy atom. The molecule has 0 amide bonds. The first-order chi connectivity index (χ1) is 14.5. The van der Waals surface area contributed by atoms with Gasteiger partial charge in [-0.3, -0.25) is 4.79 Å². The third kappa shape index (κ3) is 3.12. The fourth-order valence-corrected chi connectivity index (χ4v) is 4.60. The molecule has 0 saturated carbocycles. The maximum Gasteiger partial charge on any atom is 0.205 e. The van der Waals surface area contributed by atoms with Crippen LogP contribution in [0.25, 0.3) is 21.3 Å². The highest BCUT2D eigenvalue weighted by Crippen LogP contribution is 2.45. The molecule has 6 nitrogen and oxygen atoms in total. The minimum Gasteiger partial charge on any atom is -0.496 e. The number of para-hydroxylation sites is 1. The molecule has 0 radical (unpaired) electrons. The van der Waals surface area contributed by atoms with Crippen molar-refractivity contribution in [3.05, 3.63) is 69.6 Å². The molecule has 0 fully saturated rings. The number of pyridine rings is 1. The molecular weight excluding hydrogens is 420 g/mol. The van der Waals surface area contributed by atoms with Crippen molar-refractivity contribution in [1.82, 2.24) is 4.98 Å². The van der Waals surface area contributed by atoms with Gasteiger partial charge in [0.1, 0.15) is 32.9 Å². The summed E-state index contributed by atoms with van der Waals surface area (Å²) < 4.78 is 5.48. The van der Waals surface area contributed by atoms with Crippen molar-refractivity contribution >= 4 is 50.4 Å². The number of ketones is 1. The molecule has 2 aromatic heterocycles. The first-order valence-corrected chi connectivity index (χ1v) is 10.0. The van der Waals surface area contributed by atoms with Gasteiger partial charge < -0.3 is 16.2 Å². The van der Waals surface area contributed by atoms with E-state index in [1.165, 1.54) is 7.11 Å². The second-order valence-corrected chi connectivity index (χ2v) is 7.86. The summed E-state index contributed by atoms with van der Waals surface area (Å²) in [6, 6.07) is 16.0. The van der Waals surface area contributed by atoms with Gasteiger partial charge in [-0.2, -0.15) is 5.26 Å². The highest BCUT2D eigenvalue weighted by atomic mass is 35.5. The number of ether oxygens (including phenoxy) is 1. The van der Waals surface area contributed by atoms with Crippen LogP contribution in [0.4, 0.5) is 11.5 Å². The van der Waals surface area contributed by atoms with Crippen LogP contribution in [-0.2, 0) is 0 Å². The summed E-state index contributed by atoms with van der Waals surface area (Å²) in [5, 5.41) is 10.7. The number of carbonyl (C=O) groups excluding carboxylic acids is 1. The van der Waals surface area contributed by atoms with Crippen molar-refractivity contribution in [2.24, 2.45) is 0 Å². The number of aromatic nitrogens is 1. The van der Waals surface area contributed by atoms with Crippen LogP contribution < -0.4 is 16.2 Å². The van der Waals surface area contributed by atoms with Crippen LogP contribution in [0.5, 0.6) is 5.75 Å². The number of rotatable bonds is 4. The van der Waals surface area contributed by atoms with Crippen molar-refractivity contribution in [2.45, 2.75) is 0 Å². The van der Waals surface area contributed by atoms with E-state index in [-0.39, 0.29) is 22.9 Å². The largest absolute Gasteiger partial charge is 0.496 e. The molecule has 4 N–H and O–H groups in total. The number of nitriles is 1. The molecule has 2 heterocycles. The number of thiophene rings is 1. The molecule has 0 aliphatic carbocycles. The van der Waals surface area contributed by atoms with E-state index in [1.54, 1.807) is 30.3 Å². The Labute approximate surface area is 181 Å². The SMILES string of the molecule is COc1ccccc1-c1c(C#N)c(N)nc2sc(C(=O)c3cccc(Cl)c3)c(N)c12. The molecule has 0 aliphatic heterocycles. The fourth-order valence-electron chi connectivity index (χ4n) is 3.33. The summed E-state index contributed by atoms with van der Waals surface area (Å²) in [7, 11) is 1.54. The quantitative estimate of drug-likeness (QED) is 0.442. The highest BCUT2D eigenvalue weighted by molar-refractivity contribution is 7.21. The number of fused-ring (bicyclic) bond motifs is 1. The van der Waals surface area contributed by atoms with Crippen LogP contribution in [-0.4, -0.2) is 17.9 Å². The molecule has 0 aliphatic rings. The Morgan fingerprint density at radius 1 is 1.20 bits per heavy atom. The van der Waals surface area contributed by atoms with Gasteiger partial charge in [0, 0.05) is 27.1 Å². The number of halogens is 1. The van der Waals surface area contributed by atoms with Gasteiger partial charge in [-0.1, -0.05) is 41.9 Å². The zero-order valence-electron chi connectivity index (χ0n) is 15.8. The fraction of sp³-hybridized carbons (Fsp3) is 0.0455. The average molecular weight is 435 g/mol. The lowest BCUT2D eigenvalue weighted by molar-refractivity contribution is 0.104. The first kappa shape index (κ1) is 19.7. The second-order valence-electron chi connectivity index (χ2n) is 6.42. The van der Waals surface area contributed by atoms with Gasteiger partial charge in [-0.25, -0.2) is 4.98 Å². The maximum absolute atomic E-state index is 13.1. The Hall–Kier alpha value is -3.60. The summed E-state index contributed by atoms with van der Waals surface area (Å²) in [6.45, 7) is 0. The van der Waals surface area contributed by atoms with Crippen molar-refractivity contribution in [2.75, 3.05) is 18.6 Å². The molecule has 4 rings (SSSR count). The van der Waals surface area contributed by atoms with E-state index in [4.69, 9.17) is 27.8 Å². The molecule has 30 heavy (non-hydrogen) atoms.